The minimum absolute atomic E-state index is 0.889. The van der Waals surface area contributed by atoms with Crippen molar-refractivity contribution < 1.29 is 4.74 Å². The molecule has 21 heavy (non-hydrogen) atoms. The van der Waals surface area contributed by atoms with Gasteiger partial charge in [0, 0.05) is 19.6 Å². The molecule has 1 saturated heterocycles. The van der Waals surface area contributed by atoms with E-state index in [0.29, 0.717) is 0 Å². The highest BCUT2D eigenvalue weighted by atomic mass is 16.5. The Morgan fingerprint density at radius 2 is 1.43 bits per heavy atom. The largest absolute Gasteiger partial charge is 0.379 e. The summed E-state index contributed by atoms with van der Waals surface area (Å²) in [5, 5.41) is 0. The summed E-state index contributed by atoms with van der Waals surface area (Å²) in [7, 11) is 0. The van der Waals surface area contributed by atoms with Crippen LogP contribution in [0.2, 0.25) is 0 Å². The number of nitrogens with zero attached hydrogens (tertiary/aromatic N) is 1. The molecule has 2 heteroatoms. The van der Waals surface area contributed by atoms with Gasteiger partial charge in [0.1, 0.15) is 0 Å². The van der Waals surface area contributed by atoms with Crippen LogP contribution in [-0.2, 0) is 4.74 Å². The van der Waals surface area contributed by atoms with Crippen molar-refractivity contribution in [2.45, 2.75) is 53.4 Å². The fraction of sp³-hybridized carbons (Fsp3) is 0.684. The van der Waals surface area contributed by atoms with Crippen molar-refractivity contribution in [3.63, 3.8) is 0 Å². The summed E-state index contributed by atoms with van der Waals surface area (Å²) in [6.07, 6.45) is 11.8. The van der Waals surface area contributed by atoms with E-state index in [0.717, 1.165) is 32.8 Å². The molecule has 0 atom stereocenters. The Bertz CT molecular complexity index is 369. The van der Waals surface area contributed by atoms with Gasteiger partial charge in [-0.2, -0.15) is 0 Å². The first kappa shape index (κ1) is 18.2. The third kappa shape index (κ3) is 9.65. The van der Waals surface area contributed by atoms with E-state index in [4.69, 9.17) is 4.74 Å². The number of hydrogen-bond donors (Lipinski definition) is 0. The predicted octanol–water partition coefficient (Wildman–Crippen LogP) is 4.74. The Morgan fingerprint density at radius 3 is 2.05 bits per heavy atom. The SMILES string of the molecule is CC(C)=CCC/C(C)=C/CC/C(C)=C/CN1CCOCC1. The molecule has 0 N–H and O–H groups in total. The number of morpholine rings is 1. The molecule has 1 rings (SSSR count). The second-order valence-electron chi connectivity index (χ2n) is 6.37. The highest BCUT2D eigenvalue weighted by Crippen LogP contribution is 2.11. The molecule has 0 aromatic carbocycles. The molecule has 0 spiro atoms. The van der Waals surface area contributed by atoms with Gasteiger partial charge in [0.25, 0.3) is 0 Å². The smallest absolute Gasteiger partial charge is 0.0594 e. The molecule has 0 unspecified atom stereocenters. The van der Waals surface area contributed by atoms with Crippen LogP contribution in [-0.4, -0.2) is 37.7 Å². The average molecular weight is 291 g/mol. The van der Waals surface area contributed by atoms with Crippen molar-refractivity contribution in [3.05, 3.63) is 34.9 Å². The Balaban J connectivity index is 2.18. The molecule has 0 saturated carbocycles. The Labute approximate surface area is 131 Å². The van der Waals surface area contributed by atoms with Gasteiger partial charge in [-0.15, -0.1) is 0 Å². The number of ether oxygens (including phenoxy) is 1. The summed E-state index contributed by atoms with van der Waals surface area (Å²) in [6.45, 7) is 13.9. The van der Waals surface area contributed by atoms with Crippen molar-refractivity contribution in [1.29, 1.82) is 0 Å². The van der Waals surface area contributed by atoms with Crippen LogP contribution >= 0.6 is 0 Å². The molecule has 1 aliphatic heterocycles. The fourth-order valence-corrected chi connectivity index (χ4v) is 2.41. The molecule has 0 radical (unpaired) electrons. The van der Waals surface area contributed by atoms with E-state index in [1.165, 1.54) is 42.4 Å². The van der Waals surface area contributed by atoms with E-state index >= 15 is 0 Å². The monoisotopic (exact) mass is 291 g/mol. The van der Waals surface area contributed by atoms with E-state index in [-0.39, 0.29) is 0 Å². The van der Waals surface area contributed by atoms with Crippen LogP contribution < -0.4 is 0 Å². The fourth-order valence-electron chi connectivity index (χ4n) is 2.41. The van der Waals surface area contributed by atoms with Gasteiger partial charge in [-0.05, 0) is 53.4 Å². The van der Waals surface area contributed by atoms with Crippen LogP contribution in [0.4, 0.5) is 0 Å². The van der Waals surface area contributed by atoms with Crippen LogP contribution in [0.1, 0.15) is 53.4 Å². The number of rotatable bonds is 8. The van der Waals surface area contributed by atoms with Gasteiger partial charge in [0.15, 0.2) is 0 Å². The van der Waals surface area contributed by atoms with E-state index in [9.17, 15) is 0 Å². The number of allylic oxidation sites excluding steroid dienone is 5. The molecule has 0 bridgehead atoms. The van der Waals surface area contributed by atoms with Crippen LogP contribution in [0.3, 0.4) is 0 Å². The maximum atomic E-state index is 5.37. The van der Waals surface area contributed by atoms with E-state index in [1.807, 2.05) is 0 Å². The maximum absolute atomic E-state index is 5.37. The zero-order chi connectivity index (χ0) is 15.5. The average Bonchev–Trinajstić information content (AvgIpc) is 2.46. The molecule has 0 amide bonds. The van der Waals surface area contributed by atoms with Crippen LogP contribution in [0.25, 0.3) is 0 Å². The second-order valence-corrected chi connectivity index (χ2v) is 6.37. The molecule has 2 nitrogen and oxygen atoms in total. The predicted molar refractivity (Wildman–Crippen MR) is 92.7 cm³/mol. The zero-order valence-electron chi connectivity index (χ0n) is 14.5. The zero-order valence-corrected chi connectivity index (χ0v) is 14.5. The molecule has 120 valence electrons. The lowest BCUT2D eigenvalue weighted by Gasteiger charge is -2.25. The van der Waals surface area contributed by atoms with Gasteiger partial charge in [-0.25, -0.2) is 0 Å². The third-order valence-electron chi connectivity index (χ3n) is 3.92. The van der Waals surface area contributed by atoms with Crippen LogP contribution in [0.15, 0.2) is 34.9 Å². The summed E-state index contributed by atoms with van der Waals surface area (Å²) in [4.78, 5) is 2.47. The Morgan fingerprint density at radius 1 is 0.857 bits per heavy atom. The van der Waals surface area contributed by atoms with Crippen LogP contribution in [0, 0.1) is 0 Å². The maximum Gasteiger partial charge on any atom is 0.0594 e. The van der Waals surface area contributed by atoms with Gasteiger partial charge in [-0.3, -0.25) is 4.90 Å². The molecule has 0 aliphatic carbocycles. The van der Waals surface area contributed by atoms with Crippen molar-refractivity contribution in [1.82, 2.24) is 4.90 Å². The lowest BCUT2D eigenvalue weighted by atomic mass is 10.1. The van der Waals surface area contributed by atoms with Gasteiger partial charge >= 0.3 is 0 Å². The topological polar surface area (TPSA) is 12.5 Å². The van der Waals surface area contributed by atoms with Gasteiger partial charge in [0.05, 0.1) is 13.2 Å². The summed E-state index contributed by atoms with van der Waals surface area (Å²) >= 11 is 0. The van der Waals surface area contributed by atoms with Gasteiger partial charge in [-0.1, -0.05) is 34.9 Å². The van der Waals surface area contributed by atoms with Gasteiger partial charge in [0.2, 0.25) is 0 Å². The number of hydrogen-bond acceptors (Lipinski definition) is 2. The molecule has 1 fully saturated rings. The second kappa shape index (κ2) is 10.8. The normalized spacial score (nSPS) is 17.9. The first-order valence-corrected chi connectivity index (χ1v) is 8.32. The standard InChI is InChI=1S/C19H33NO/c1-17(2)7-5-8-18(3)9-6-10-19(4)11-12-20-13-15-21-16-14-20/h7,9,11H,5-6,8,10,12-16H2,1-4H3/b18-9+,19-11+. The highest BCUT2D eigenvalue weighted by molar-refractivity contribution is 5.05. The van der Waals surface area contributed by atoms with Gasteiger partial charge < -0.3 is 4.74 Å². The molecular formula is C19H33NO. The minimum atomic E-state index is 0.889. The van der Waals surface area contributed by atoms with E-state index < -0.39 is 0 Å². The summed E-state index contributed by atoms with van der Waals surface area (Å²) in [5.41, 5.74) is 4.45. The molecule has 1 heterocycles. The Kier molecular flexibility index (Phi) is 9.36. The Hall–Kier alpha value is -0.860. The molecule has 1 aliphatic rings. The summed E-state index contributed by atoms with van der Waals surface area (Å²) < 4.78 is 5.37. The minimum Gasteiger partial charge on any atom is -0.379 e. The summed E-state index contributed by atoms with van der Waals surface area (Å²) in [6, 6.07) is 0. The molecule has 0 aromatic rings. The van der Waals surface area contributed by atoms with Crippen LogP contribution in [0.5, 0.6) is 0 Å². The van der Waals surface area contributed by atoms with Crippen molar-refractivity contribution in [2.24, 2.45) is 0 Å². The summed E-state index contributed by atoms with van der Waals surface area (Å²) in [5.74, 6) is 0. The quantitative estimate of drug-likeness (QED) is 0.599. The van der Waals surface area contributed by atoms with E-state index in [1.54, 1.807) is 0 Å². The molecule has 0 aromatic heterocycles. The third-order valence-corrected chi connectivity index (χ3v) is 3.92. The lowest BCUT2D eigenvalue weighted by molar-refractivity contribution is 0.0433. The highest BCUT2D eigenvalue weighted by Gasteiger charge is 2.07. The lowest BCUT2D eigenvalue weighted by Crippen LogP contribution is -2.36. The first-order chi connectivity index (χ1) is 10.1. The first-order valence-electron chi connectivity index (χ1n) is 8.32. The molecular weight excluding hydrogens is 258 g/mol. The van der Waals surface area contributed by atoms with E-state index in [2.05, 4.69) is 50.8 Å². The van der Waals surface area contributed by atoms with Crippen molar-refractivity contribution >= 4 is 0 Å². The van der Waals surface area contributed by atoms with Crippen molar-refractivity contribution in [3.8, 4) is 0 Å². The van der Waals surface area contributed by atoms with Crippen molar-refractivity contribution in [2.75, 3.05) is 32.8 Å².